The molecule has 2 aromatic heterocycles. The number of fused-ring (bicyclic) bond motifs is 1. The molecule has 0 fully saturated rings. The van der Waals surface area contributed by atoms with Crippen molar-refractivity contribution >= 4 is 23.2 Å². The molecule has 0 saturated carbocycles. The normalized spacial score (nSPS) is 11.5. The Bertz CT molecular complexity index is 950. The predicted molar refractivity (Wildman–Crippen MR) is 97.5 cm³/mol. The third-order valence-electron chi connectivity index (χ3n) is 4.09. The summed E-state index contributed by atoms with van der Waals surface area (Å²) in [6.45, 7) is 0.891. The minimum Gasteiger partial charge on any atom is -0.465 e. The predicted octanol–water partition coefficient (Wildman–Crippen LogP) is 5.04. The maximum atomic E-state index is 5.37. The van der Waals surface area contributed by atoms with Gasteiger partial charge in [-0.2, -0.15) is 0 Å². The molecular formula is C21H18N2O. The Morgan fingerprint density at radius 2 is 1.71 bits per heavy atom. The van der Waals surface area contributed by atoms with Gasteiger partial charge in [0.1, 0.15) is 11.6 Å². The molecule has 0 aliphatic heterocycles. The quantitative estimate of drug-likeness (QED) is 0.516. The summed E-state index contributed by atoms with van der Waals surface area (Å²) in [4.78, 5) is 4.76. The highest BCUT2D eigenvalue weighted by molar-refractivity contribution is 5.79. The third-order valence-corrected chi connectivity index (χ3v) is 4.09. The summed E-state index contributed by atoms with van der Waals surface area (Å²) >= 11 is 0. The molecule has 0 amide bonds. The topological polar surface area (TPSA) is 31.0 Å². The van der Waals surface area contributed by atoms with Gasteiger partial charge in [-0.05, 0) is 48.4 Å². The number of rotatable bonds is 5. The van der Waals surface area contributed by atoms with Crippen LogP contribution < -0.4 is 0 Å². The zero-order valence-electron chi connectivity index (χ0n) is 13.3. The summed E-state index contributed by atoms with van der Waals surface area (Å²) in [5.74, 6) is 1.78. The van der Waals surface area contributed by atoms with E-state index in [0.29, 0.717) is 0 Å². The largest absolute Gasteiger partial charge is 0.465 e. The standard InChI is InChI=1S/C21H18N2O/c1-2-7-17(8-3-1)14-15-23-20-11-5-4-10-19(20)22-21(23)13-12-18-9-6-16-24-18/h1-13,16H,14-15H2/b13-12+. The van der Waals surface area contributed by atoms with Crippen LogP contribution in [0.3, 0.4) is 0 Å². The summed E-state index contributed by atoms with van der Waals surface area (Å²) in [6.07, 6.45) is 6.63. The molecule has 0 aliphatic carbocycles. The monoisotopic (exact) mass is 314 g/mol. The SMILES string of the molecule is C(=C\c1nc2ccccc2n1CCc1ccccc1)/c1ccco1. The van der Waals surface area contributed by atoms with Gasteiger partial charge in [-0.15, -0.1) is 0 Å². The first-order valence-electron chi connectivity index (χ1n) is 8.11. The van der Waals surface area contributed by atoms with Crippen molar-refractivity contribution in [2.75, 3.05) is 0 Å². The Morgan fingerprint density at radius 1 is 0.875 bits per heavy atom. The highest BCUT2D eigenvalue weighted by atomic mass is 16.3. The molecule has 0 bridgehead atoms. The van der Waals surface area contributed by atoms with Crippen molar-refractivity contribution in [3.8, 4) is 0 Å². The first-order valence-corrected chi connectivity index (χ1v) is 8.11. The lowest BCUT2D eigenvalue weighted by Crippen LogP contribution is -2.03. The molecule has 0 atom stereocenters. The summed E-state index contributed by atoms with van der Waals surface area (Å²) in [6, 6.07) is 22.6. The van der Waals surface area contributed by atoms with Gasteiger partial charge < -0.3 is 8.98 Å². The van der Waals surface area contributed by atoms with E-state index < -0.39 is 0 Å². The number of para-hydroxylation sites is 2. The summed E-state index contributed by atoms with van der Waals surface area (Å²) in [7, 11) is 0. The molecule has 0 radical (unpaired) electrons. The minimum absolute atomic E-state index is 0.830. The maximum absolute atomic E-state index is 5.37. The van der Waals surface area contributed by atoms with Gasteiger partial charge in [0.15, 0.2) is 0 Å². The van der Waals surface area contributed by atoms with E-state index in [9.17, 15) is 0 Å². The van der Waals surface area contributed by atoms with Crippen LogP contribution in [0.5, 0.6) is 0 Å². The third kappa shape index (κ3) is 3.01. The van der Waals surface area contributed by atoms with Crippen molar-refractivity contribution in [2.24, 2.45) is 0 Å². The lowest BCUT2D eigenvalue weighted by atomic mass is 10.1. The summed E-state index contributed by atoms with van der Waals surface area (Å²) in [5, 5.41) is 0. The van der Waals surface area contributed by atoms with Gasteiger partial charge >= 0.3 is 0 Å². The van der Waals surface area contributed by atoms with Crippen LogP contribution in [0.25, 0.3) is 23.2 Å². The second kappa shape index (κ2) is 6.59. The molecule has 3 nitrogen and oxygen atoms in total. The molecule has 0 unspecified atom stereocenters. The van der Waals surface area contributed by atoms with Crippen molar-refractivity contribution in [3.05, 3.63) is 90.1 Å². The Hall–Kier alpha value is -3.07. The highest BCUT2D eigenvalue weighted by Crippen LogP contribution is 2.19. The highest BCUT2D eigenvalue weighted by Gasteiger charge is 2.08. The maximum Gasteiger partial charge on any atom is 0.133 e. The Morgan fingerprint density at radius 3 is 2.54 bits per heavy atom. The zero-order valence-corrected chi connectivity index (χ0v) is 13.3. The lowest BCUT2D eigenvalue weighted by Gasteiger charge is -2.07. The smallest absolute Gasteiger partial charge is 0.133 e. The van der Waals surface area contributed by atoms with Gasteiger partial charge in [0, 0.05) is 6.54 Å². The Labute approximate surface area is 140 Å². The van der Waals surface area contributed by atoms with Crippen LogP contribution in [0, 0.1) is 0 Å². The summed E-state index contributed by atoms with van der Waals surface area (Å²) < 4.78 is 7.64. The molecule has 0 N–H and O–H groups in total. The van der Waals surface area contributed by atoms with Gasteiger partial charge in [-0.3, -0.25) is 0 Å². The van der Waals surface area contributed by atoms with E-state index in [1.165, 1.54) is 5.56 Å². The lowest BCUT2D eigenvalue weighted by molar-refractivity contribution is 0.557. The van der Waals surface area contributed by atoms with Crippen molar-refractivity contribution in [3.63, 3.8) is 0 Å². The van der Waals surface area contributed by atoms with Crippen LogP contribution in [-0.2, 0) is 13.0 Å². The molecule has 3 heteroatoms. The number of benzene rings is 2. The van der Waals surface area contributed by atoms with E-state index in [1.54, 1.807) is 6.26 Å². The van der Waals surface area contributed by atoms with Crippen LogP contribution in [0.4, 0.5) is 0 Å². The van der Waals surface area contributed by atoms with Crippen LogP contribution in [0.15, 0.2) is 77.4 Å². The molecule has 0 saturated heterocycles. The van der Waals surface area contributed by atoms with E-state index in [0.717, 1.165) is 35.6 Å². The van der Waals surface area contributed by atoms with Crippen LogP contribution in [0.2, 0.25) is 0 Å². The number of aromatic nitrogens is 2. The van der Waals surface area contributed by atoms with Gasteiger partial charge in [0.2, 0.25) is 0 Å². The van der Waals surface area contributed by atoms with Crippen LogP contribution in [-0.4, -0.2) is 9.55 Å². The van der Waals surface area contributed by atoms with Crippen molar-refractivity contribution in [2.45, 2.75) is 13.0 Å². The number of furan rings is 1. The average molecular weight is 314 g/mol. The zero-order chi connectivity index (χ0) is 16.2. The van der Waals surface area contributed by atoms with E-state index in [4.69, 9.17) is 9.40 Å². The van der Waals surface area contributed by atoms with E-state index >= 15 is 0 Å². The van der Waals surface area contributed by atoms with E-state index in [-0.39, 0.29) is 0 Å². The Kier molecular flexibility index (Phi) is 3.98. The molecule has 2 aromatic carbocycles. The average Bonchev–Trinajstić information content (AvgIpc) is 3.26. The second-order valence-corrected chi connectivity index (χ2v) is 5.69. The number of nitrogens with zero attached hydrogens (tertiary/aromatic N) is 2. The van der Waals surface area contributed by atoms with E-state index in [1.807, 2.05) is 36.4 Å². The first-order chi connectivity index (χ1) is 11.9. The minimum atomic E-state index is 0.830. The van der Waals surface area contributed by atoms with Crippen molar-refractivity contribution in [1.82, 2.24) is 9.55 Å². The van der Waals surface area contributed by atoms with Crippen molar-refractivity contribution in [1.29, 1.82) is 0 Å². The number of hydrogen-bond donors (Lipinski definition) is 0. The molecule has 2 heterocycles. The van der Waals surface area contributed by atoms with Gasteiger partial charge in [0.05, 0.1) is 17.3 Å². The molecule has 4 aromatic rings. The van der Waals surface area contributed by atoms with E-state index in [2.05, 4.69) is 47.0 Å². The molecular weight excluding hydrogens is 296 g/mol. The van der Waals surface area contributed by atoms with Crippen molar-refractivity contribution < 1.29 is 4.42 Å². The molecule has 0 aliphatic rings. The molecule has 0 spiro atoms. The first kappa shape index (κ1) is 14.5. The molecule has 24 heavy (non-hydrogen) atoms. The van der Waals surface area contributed by atoms with Crippen LogP contribution in [0.1, 0.15) is 17.1 Å². The van der Waals surface area contributed by atoms with Gasteiger partial charge in [-0.25, -0.2) is 4.98 Å². The molecule has 118 valence electrons. The number of imidazole rings is 1. The fourth-order valence-corrected chi connectivity index (χ4v) is 2.88. The summed E-state index contributed by atoms with van der Waals surface area (Å²) in [5.41, 5.74) is 3.51. The van der Waals surface area contributed by atoms with Gasteiger partial charge in [0.25, 0.3) is 0 Å². The Balaban J connectivity index is 1.67. The fraction of sp³-hybridized carbons (Fsp3) is 0.0952. The fourth-order valence-electron chi connectivity index (χ4n) is 2.88. The van der Waals surface area contributed by atoms with Gasteiger partial charge in [-0.1, -0.05) is 42.5 Å². The molecule has 4 rings (SSSR count). The number of hydrogen-bond acceptors (Lipinski definition) is 2. The number of aryl methyl sites for hydroxylation is 2. The second-order valence-electron chi connectivity index (χ2n) is 5.69. The van der Waals surface area contributed by atoms with Crippen LogP contribution >= 0.6 is 0 Å².